The summed E-state index contributed by atoms with van der Waals surface area (Å²) in [6, 6.07) is 9.82. The molecular formula is C13H10ClNO4S. The molecule has 20 heavy (non-hydrogen) atoms. The van der Waals surface area contributed by atoms with E-state index >= 15 is 0 Å². The molecule has 0 unspecified atom stereocenters. The summed E-state index contributed by atoms with van der Waals surface area (Å²) in [5.74, 6) is 0. The van der Waals surface area contributed by atoms with Crippen LogP contribution >= 0.6 is 11.6 Å². The molecule has 0 N–H and O–H groups in total. The Morgan fingerprint density at radius 1 is 1.10 bits per heavy atom. The van der Waals surface area contributed by atoms with E-state index in [0.717, 1.165) is 11.6 Å². The highest BCUT2D eigenvalue weighted by atomic mass is 35.5. The van der Waals surface area contributed by atoms with E-state index in [2.05, 4.69) is 0 Å². The predicted molar refractivity (Wildman–Crippen MR) is 74.7 cm³/mol. The summed E-state index contributed by atoms with van der Waals surface area (Å²) < 4.78 is 25.0. The van der Waals surface area contributed by atoms with Gasteiger partial charge in [0.25, 0.3) is 5.69 Å². The van der Waals surface area contributed by atoms with Crippen LogP contribution in [0.2, 0.25) is 5.02 Å². The summed E-state index contributed by atoms with van der Waals surface area (Å²) in [6.45, 7) is 1.81. The first-order chi connectivity index (χ1) is 9.34. The molecule has 5 nitrogen and oxygen atoms in total. The SMILES string of the molecule is Cc1ccc(S(=O)(=O)c2c(Cl)cccc2[N+](=O)[O-])cc1. The van der Waals surface area contributed by atoms with E-state index in [-0.39, 0.29) is 9.92 Å². The molecule has 0 aliphatic carbocycles. The Labute approximate surface area is 120 Å². The Hall–Kier alpha value is -1.92. The second-order valence-electron chi connectivity index (χ2n) is 4.16. The van der Waals surface area contributed by atoms with Gasteiger partial charge in [0.15, 0.2) is 4.90 Å². The molecule has 0 fully saturated rings. The quantitative estimate of drug-likeness (QED) is 0.643. The fraction of sp³-hybridized carbons (Fsp3) is 0.0769. The number of aryl methyl sites for hydroxylation is 1. The van der Waals surface area contributed by atoms with Crippen LogP contribution in [-0.4, -0.2) is 13.3 Å². The van der Waals surface area contributed by atoms with Crippen LogP contribution in [0.15, 0.2) is 52.3 Å². The van der Waals surface area contributed by atoms with Gasteiger partial charge in [0.05, 0.1) is 14.8 Å². The third-order valence-electron chi connectivity index (χ3n) is 2.74. The zero-order chi connectivity index (χ0) is 14.9. The van der Waals surface area contributed by atoms with Gasteiger partial charge in [-0.25, -0.2) is 8.42 Å². The third kappa shape index (κ3) is 2.52. The molecule has 0 bridgehead atoms. The van der Waals surface area contributed by atoms with Gasteiger partial charge < -0.3 is 0 Å². The van der Waals surface area contributed by atoms with Crippen molar-refractivity contribution in [3.05, 3.63) is 63.2 Å². The van der Waals surface area contributed by atoms with E-state index < -0.39 is 25.3 Å². The normalized spacial score (nSPS) is 11.3. The molecule has 104 valence electrons. The number of benzene rings is 2. The molecule has 0 saturated carbocycles. The van der Waals surface area contributed by atoms with Crippen LogP contribution in [0.25, 0.3) is 0 Å². The van der Waals surface area contributed by atoms with E-state index in [1.165, 1.54) is 24.3 Å². The lowest BCUT2D eigenvalue weighted by atomic mass is 10.2. The number of halogens is 1. The van der Waals surface area contributed by atoms with Crippen LogP contribution in [0.1, 0.15) is 5.56 Å². The topological polar surface area (TPSA) is 77.3 Å². The molecule has 0 heterocycles. The van der Waals surface area contributed by atoms with Crippen molar-refractivity contribution in [3.63, 3.8) is 0 Å². The highest BCUT2D eigenvalue weighted by Gasteiger charge is 2.30. The van der Waals surface area contributed by atoms with Gasteiger partial charge in [-0.15, -0.1) is 0 Å². The highest BCUT2D eigenvalue weighted by Crippen LogP contribution is 2.35. The van der Waals surface area contributed by atoms with Crippen LogP contribution < -0.4 is 0 Å². The zero-order valence-corrected chi connectivity index (χ0v) is 12.0. The van der Waals surface area contributed by atoms with Crippen LogP contribution in [0.3, 0.4) is 0 Å². The minimum Gasteiger partial charge on any atom is -0.258 e. The zero-order valence-electron chi connectivity index (χ0n) is 10.4. The molecule has 2 aromatic rings. The van der Waals surface area contributed by atoms with Crippen molar-refractivity contribution in [3.8, 4) is 0 Å². The van der Waals surface area contributed by atoms with E-state index in [1.807, 2.05) is 6.92 Å². The van der Waals surface area contributed by atoms with Crippen LogP contribution in [-0.2, 0) is 9.84 Å². The second-order valence-corrected chi connectivity index (χ2v) is 6.46. The molecule has 0 aromatic heterocycles. The molecule has 0 radical (unpaired) electrons. The molecule has 0 saturated heterocycles. The number of hydrogen-bond donors (Lipinski definition) is 0. The Balaban J connectivity index is 2.72. The summed E-state index contributed by atoms with van der Waals surface area (Å²) in [7, 11) is -4.04. The van der Waals surface area contributed by atoms with Crippen molar-refractivity contribution < 1.29 is 13.3 Å². The Bertz CT molecular complexity index is 769. The van der Waals surface area contributed by atoms with E-state index in [1.54, 1.807) is 12.1 Å². The van der Waals surface area contributed by atoms with Gasteiger partial charge in [0.2, 0.25) is 9.84 Å². The van der Waals surface area contributed by atoms with Crippen molar-refractivity contribution in [1.29, 1.82) is 0 Å². The fourth-order valence-electron chi connectivity index (χ4n) is 1.74. The summed E-state index contributed by atoms with van der Waals surface area (Å²) in [4.78, 5) is 9.73. The van der Waals surface area contributed by atoms with Gasteiger partial charge in [-0.1, -0.05) is 35.4 Å². The van der Waals surface area contributed by atoms with Crippen molar-refractivity contribution in [2.45, 2.75) is 16.7 Å². The highest BCUT2D eigenvalue weighted by molar-refractivity contribution is 7.91. The van der Waals surface area contributed by atoms with Crippen LogP contribution in [0.4, 0.5) is 5.69 Å². The number of rotatable bonds is 3. The van der Waals surface area contributed by atoms with Gasteiger partial charge >= 0.3 is 0 Å². The average Bonchev–Trinajstić information content (AvgIpc) is 2.38. The molecule has 0 atom stereocenters. The Kier molecular flexibility index (Phi) is 3.78. The summed E-state index contributed by atoms with van der Waals surface area (Å²) in [6.07, 6.45) is 0. The summed E-state index contributed by atoms with van der Waals surface area (Å²) in [5, 5.41) is 10.8. The average molecular weight is 312 g/mol. The Morgan fingerprint density at radius 2 is 1.70 bits per heavy atom. The lowest BCUT2D eigenvalue weighted by Crippen LogP contribution is -2.06. The molecule has 2 rings (SSSR count). The number of nitro groups is 1. The fourth-order valence-corrected chi connectivity index (χ4v) is 3.69. The molecule has 0 amide bonds. The molecule has 0 spiro atoms. The van der Waals surface area contributed by atoms with Crippen molar-refractivity contribution in [1.82, 2.24) is 0 Å². The number of sulfone groups is 1. The second kappa shape index (κ2) is 5.22. The van der Waals surface area contributed by atoms with Crippen molar-refractivity contribution >= 4 is 27.1 Å². The first-order valence-electron chi connectivity index (χ1n) is 5.58. The number of nitro benzene ring substituents is 1. The Morgan fingerprint density at radius 3 is 2.25 bits per heavy atom. The minimum atomic E-state index is -4.04. The molecular weight excluding hydrogens is 302 g/mol. The maximum absolute atomic E-state index is 12.5. The molecule has 0 aliphatic rings. The largest absolute Gasteiger partial charge is 0.289 e. The van der Waals surface area contributed by atoms with Gasteiger partial charge in [-0.3, -0.25) is 10.1 Å². The van der Waals surface area contributed by atoms with Gasteiger partial charge in [0.1, 0.15) is 0 Å². The van der Waals surface area contributed by atoms with Crippen LogP contribution in [0.5, 0.6) is 0 Å². The summed E-state index contributed by atoms with van der Waals surface area (Å²) in [5.41, 5.74) is 0.357. The van der Waals surface area contributed by atoms with Crippen molar-refractivity contribution in [2.24, 2.45) is 0 Å². The van der Waals surface area contributed by atoms with Gasteiger partial charge in [-0.2, -0.15) is 0 Å². The van der Waals surface area contributed by atoms with Gasteiger partial charge in [0, 0.05) is 6.07 Å². The first kappa shape index (κ1) is 14.5. The minimum absolute atomic E-state index is 0.0284. The lowest BCUT2D eigenvalue weighted by molar-refractivity contribution is -0.387. The molecule has 7 heteroatoms. The van der Waals surface area contributed by atoms with Gasteiger partial charge in [-0.05, 0) is 25.1 Å². The van der Waals surface area contributed by atoms with Crippen LogP contribution in [0, 0.1) is 17.0 Å². The number of hydrogen-bond acceptors (Lipinski definition) is 4. The van der Waals surface area contributed by atoms with E-state index in [4.69, 9.17) is 11.6 Å². The molecule has 0 aliphatic heterocycles. The smallest absolute Gasteiger partial charge is 0.258 e. The maximum atomic E-state index is 12.5. The maximum Gasteiger partial charge on any atom is 0.289 e. The third-order valence-corrected chi connectivity index (χ3v) is 5.03. The summed E-state index contributed by atoms with van der Waals surface area (Å²) >= 11 is 5.86. The van der Waals surface area contributed by atoms with E-state index in [0.29, 0.717) is 0 Å². The monoisotopic (exact) mass is 311 g/mol. The standard InChI is InChI=1S/C13H10ClNO4S/c1-9-5-7-10(8-6-9)20(18,19)13-11(14)3-2-4-12(13)15(16)17/h2-8H,1H3. The predicted octanol–water partition coefficient (Wildman–Crippen LogP) is 3.39. The molecule has 2 aromatic carbocycles. The van der Waals surface area contributed by atoms with E-state index in [9.17, 15) is 18.5 Å². The first-order valence-corrected chi connectivity index (χ1v) is 7.45. The number of nitrogens with zero attached hydrogens (tertiary/aromatic N) is 1. The lowest BCUT2D eigenvalue weighted by Gasteiger charge is -2.07. The van der Waals surface area contributed by atoms with Crippen molar-refractivity contribution in [2.75, 3.05) is 0 Å².